The highest BCUT2D eigenvalue weighted by Crippen LogP contribution is 2.09. The van der Waals surface area contributed by atoms with E-state index >= 15 is 0 Å². The molecule has 0 heterocycles. The van der Waals surface area contributed by atoms with E-state index in [-0.39, 0.29) is 0 Å². The second-order valence-electron chi connectivity index (χ2n) is 4.33. The van der Waals surface area contributed by atoms with Crippen LogP contribution in [0.2, 0.25) is 0 Å². The second-order valence-corrected chi connectivity index (χ2v) is 4.33. The lowest BCUT2D eigenvalue weighted by molar-refractivity contribution is 0.584. The van der Waals surface area contributed by atoms with Crippen LogP contribution >= 0.6 is 0 Å². The van der Waals surface area contributed by atoms with Crippen molar-refractivity contribution in [3.63, 3.8) is 0 Å². The van der Waals surface area contributed by atoms with E-state index in [1.807, 2.05) is 0 Å². The van der Waals surface area contributed by atoms with Crippen LogP contribution in [0.25, 0.3) is 0 Å². The summed E-state index contributed by atoms with van der Waals surface area (Å²) < 4.78 is 0. The van der Waals surface area contributed by atoms with E-state index in [0.717, 1.165) is 6.54 Å². The minimum Gasteiger partial charge on any atom is -0.330 e. The van der Waals surface area contributed by atoms with Gasteiger partial charge in [-0.05, 0) is 39.7 Å². The first-order chi connectivity index (χ1) is 6.77. The van der Waals surface area contributed by atoms with Gasteiger partial charge in [0.15, 0.2) is 0 Å². The lowest BCUT2D eigenvalue weighted by atomic mass is 10.1. The molecule has 0 unspecified atom stereocenters. The fraction of sp³-hybridized carbons (Fsp3) is 0.846. The number of unbranched alkanes of at least 4 members (excludes halogenated alkanes) is 7. The van der Waals surface area contributed by atoms with Crippen LogP contribution in [0.4, 0.5) is 0 Å². The first-order valence-electron chi connectivity index (χ1n) is 6.11. The molecule has 0 aromatic rings. The quantitative estimate of drug-likeness (QED) is 0.438. The van der Waals surface area contributed by atoms with Gasteiger partial charge in [0.1, 0.15) is 0 Å². The molecule has 0 aromatic heterocycles. The molecule has 0 atom stereocenters. The normalized spacial score (nSPS) is 10.2. The van der Waals surface area contributed by atoms with Gasteiger partial charge in [-0.1, -0.05) is 43.8 Å². The molecule has 0 radical (unpaired) electrons. The van der Waals surface area contributed by atoms with Gasteiger partial charge in [-0.3, -0.25) is 0 Å². The lowest BCUT2D eigenvalue weighted by Crippen LogP contribution is -1.97. The molecule has 84 valence electrons. The predicted octanol–water partition coefficient (Wildman–Crippen LogP) is 4.03. The van der Waals surface area contributed by atoms with Crippen LogP contribution in [0, 0.1) is 0 Å². The number of rotatable bonds is 9. The van der Waals surface area contributed by atoms with Crippen molar-refractivity contribution in [3.8, 4) is 0 Å². The van der Waals surface area contributed by atoms with E-state index in [1.54, 1.807) is 0 Å². The highest BCUT2D eigenvalue weighted by Gasteiger charge is 1.90. The summed E-state index contributed by atoms with van der Waals surface area (Å²) >= 11 is 0. The third-order valence-electron chi connectivity index (χ3n) is 2.46. The first-order valence-corrected chi connectivity index (χ1v) is 6.11. The molecule has 0 bridgehead atoms. The summed E-state index contributed by atoms with van der Waals surface area (Å²) in [5, 5.41) is 0. The van der Waals surface area contributed by atoms with Crippen molar-refractivity contribution in [2.24, 2.45) is 5.73 Å². The molecule has 0 rings (SSSR count). The zero-order valence-electron chi connectivity index (χ0n) is 10.0. The van der Waals surface area contributed by atoms with Crippen LogP contribution < -0.4 is 5.73 Å². The highest BCUT2D eigenvalue weighted by atomic mass is 14.5. The molecule has 0 aliphatic rings. The van der Waals surface area contributed by atoms with Crippen molar-refractivity contribution in [1.29, 1.82) is 0 Å². The average molecular weight is 197 g/mol. The largest absolute Gasteiger partial charge is 0.330 e. The summed E-state index contributed by atoms with van der Waals surface area (Å²) in [7, 11) is 0. The summed E-state index contributed by atoms with van der Waals surface area (Å²) in [5.41, 5.74) is 6.88. The molecule has 0 aliphatic carbocycles. The standard InChI is InChI=1S/C13H27N/c1-13(2)11-9-7-5-3-4-6-8-10-12-14/h11H,3-10,12,14H2,1-2H3. The van der Waals surface area contributed by atoms with Gasteiger partial charge in [0.2, 0.25) is 0 Å². The van der Waals surface area contributed by atoms with Crippen molar-refractivity contribution in [2.45, 2.75) is 65.2 Å². The first kappa shape index (κ1) is 13.7. The summed E-state index contributed by atoms with van der Waals surface area (Å²) in [6.07, 6.45) is 13.1. The predicted molar refractivity (Wildman–Crippen MR) is 65.4 cm³/mol. The number of allylic oxidation sites excluding steroid dienone is 2. The maximum atomic E-state index is 5.43. The van der Waals surface area contributed by atoms with Gasteiger partial charge < -0.3 is 5.73 Å². The highest BCUT2D eigenvalue weighted by molar-refractivity contribution is 4.92. The number of nitrogens with two attached hydrogens (primary N) is 1. The Balaban J connectivity index is 2.96. The number of hydrogen-bond acceptors (Lipinski definition) is 1. The molecule has 0 aromatic carbocycles. The summed E-state index contributed by atoms with van der Waals surface area (Å²) in [6, 6.07) is 0. The van der Waals surface area contributed by atoms with Gasteiger partial charge >= 0.3 is 0 Å². The van der Waals surface area contributed by atoms with Gasteiger partial charge in [0, 0.05) is 0 Å². The van der Waals surface area contributed by atoms with Crippen molar-refractivity contribution >= 4 is 0 Å². The van der Waals surface area contributed by atoms with E-state index in [0.29, 0.717) is 0 Å². The summed E-state index contributed by atoms with van der Waals surface area (Å²) in [4.78, 5) is 0. The fourth-order valence-corrected chi connectivity index (χ4v) is 1.56. The van der Waals surface area contributed by atoms with Crippen LogP contribution in [-0.4, -0.2) is 6.54 Å². The zero-order valence-corrected chi connectivity index (χ0v) is 10.0. The third kappa shape index (κ3) is 11.7. The van der Waals surface area contributed by atoms with Crippen LogP contribution in [-0.2, 0) is 0 Å². The van der Waals surface area contributed by atoms with Crippen LogP contribution in [0.5, 0.6) is 0 Å². The van der Waals surface area contributed by atoms with Gasteiger partial charge in [-0.25, -0.2) is 0 Å². The molecule has 0 aliphatic heterocycles. The van der Waals surface area contributed by atoms with Crippen LogP contribution in [0.1, 0.15) is 65.2 Å². The van der Waals surface area contributed by atoms with E-state index < -0.39 is 0 Å². The summed E-state index contributed by atoms with van der Waals surface area (Å²) in [5.74, 6) is 0. The van der Waals surface area contributed by atoms with Crippen molar-refractivity contribution in [3.05, 3.63) is 11.6 Å². The smallest absolute Gasteiger partial charge is 0.00773 e. The Labute approximate surface area is 89.8 Å². The zero-order chi connectivity index (χ0) is 10.6. The minimum absolute atomic E-state index is 0.862. The van der Waals surface area contributed by atoms with Crippen molar-refractivity contribution in [1.82, 2.24) is 0 Å². The topological polar surface area (TPSA) is 26.0 Å². The maximum absolute atomic E-state index is 5.43. The van der Waals surface area contributed by atoms with Gasteiger partial charge in [-0.15, -0.1) is 0 Å². The molecule has 0 amide bonds. The Morgan fingerprint density at radius 1 is 0.857 bits per heavy atom. The molecule has 1 nitrogen and oxygen atoms in total. The van der Waals surface area contributed by atoms with E-state index in [1.165, 1.54) is 56.9 Å². The number of hydrogen-bond donors (Lipinski definition) is 1. The van der Waals surface area contributed by atoms with E-state index in [2.05, 4.69) is 19.9 Å². The molecule has 0 saturated carbocycles. The Hall–Kier alpha value is -0.300. The fourth-order valence-electron chi connectivity index (χ4n) is 1.56. The molecular formula is C13H27N. The van der Waals surface area contributed by atoms with Crippen LogP contribution in [0.3, 0.4) is 0 Å². The Morgan fingerprint density at radius 3 is 1.86 bits per heavy atom. The van der Waals surface area contributed by atoms with Crippen molar-refractivity contribution < 1.29 is 0 Å². The third-order valence-corrected chi connectivity index (χ3v) is 2.46. The maximum Gasteiger partial charge on any atom is -0.00773 e. The lowest BCUT2D eigenvalue weighted by Gasteiger charge is -2.00. The molecular weight excluding hydrogens is 170 g/mol. The molecule has 14 heavy (non-hydrogen) atoms. The SMILES string of the molecule is CC(C)=CCCCCCCCCCN. The molecule has 1 heteroatoms. The molecule has 0 saturated heterocycles. The van der Waals surface area contributed by atoms with Gasteiger partial charge in [-0.2, -0.15) is 0 Å². The molecule has 2 N–H and O–H groups in total. The Morgan fingerprint density at radius 2 is 1.36 bits per heavy atom. The average Bonchev–Trinajstić information content (AvgIpc) is 2.15. The van der Waals surface area contributed by atoms with Crippen molar-refractivity contribution in [2.75, 3.05) is 6.54 Å². The summed E-state index contributed by atoms with van der Waals surface area (Å²) in [6.45, 7) is 5.21. The molecule has 0 spiro atoms. The van der Waals surface area contributed by atoms with Crippen LogP contribution in [0.15, 0.2) is 11.6 Å². The Kier molecular flexibility index (Phi) is 10.5. The van der Waals surface area contributed by atoms with Gasteiger partial charge in [0.25, 0.3) is 0 Å². The second kappa shape index (κ2) is 10.8. The monoisotopic (exact) mass is 197 g/mol. The molecule has 0 fully saturated rings. The Bertz CT molecular complexity index is 134. The van der Waals surface area contributed by atoms with Gasteiger partial charge in [0.05, 0.1) is 0 Å². The van der Waals surface area contributed by atoms with E-state index in [4.69, 9.17) is 5.73 Å². The minimum atomic E-state index is 0.862. The van der Waals surface area contributed by atoms with E-state index in [9.17, 15) is 0 Å².